The van der Waals surface area contributed by atoms with Crippen LogP contribution in [-0.4, -0.2) is 39.5 Å². The van der Waals surface area contributed by atoms with Crippen LogP contribution in [0.5, 0.6) is 23.1 Å². The summed E-state index contributed by atoms with van der Waals surface area (Å²) < 4.78 is 17.4. The molecule has 3 aromatic rings. The van der Waals surface area contributed by atoms with E-state index in [4.69, 9.17) is 19.5 Å². The Labute approximate surface area is 184 Å². The van der Waals surface area contributed by atoms with Gasteiger partial charge in [-0.1, -0.05) is 0 Å². The second kappa shape index (κ2) is 8.75. The Balaban J connectivity index is 1.30. The van der Waals surface area contributed by atoms with Gasteiger partial charge in [0.25, 0.3) is 5.88 Å². The van der Waals surface area contributed by atoms with Gasteiger partial charge in [0, 0.05) is 24.0 Å². The molecule has 0 bridgehead atoms. The second-order valence-electron chi connectivity index (χ2n) is 7.60. The average molecular weight is 437 g/mol. The van der Waals surface area contributed by atoms with Crippen LogP contribution in [0.15, 0.2) is 42.7 Å². The van der Waals surface area contributed by atoms with E-state index in [0.29, 0.717) is 34.8 Å². The highest BCUT2D eigenvalue weighted by molar-refractivity contribution is 5.63. The predicted molar refractivity (Wildman–Crippen MR) is 116 cm³/mol. The predicted octanol–water partition coefficient (Wildman–Crippen LogP) is 4.30. The standard InChI is InChI=1S/C22H23N5O5/c1-29-18-10-13(6-7-17(18)32-28)26-22-23-9-8-20(27-22)25-14-11-19-21(24-12-14)31-16-5-3-2-4-15(16)30-19/h6-12,15-16,28H,2-5H2,1H3,(H2,23,25,26,27)/t15-,16+/m1/s1. The van der Waals surface area contributed by atoms with Gasteiger partial charge >= 0.3 is 0 Å². The molecule has 1 aromatic carbocycles. The Kier molecular flexibility index (Phi) is 5.51. The number of pyridine rings is 1. The van der Waals surface area contributed by atoms with Gasteiger partial charge < -0.3 is 29.7 Å². The van der Waals surface area contributed by atoms with Gasteiger partial charge in [-0.15, -0.1) is 0 Å². The maximum Gasteiger partial charge on any atom is 0.257 e. The highest BCUT2D eigenvalue weighted by Gasteiger charge is 2.34. The van der Waals surface area contributed by atoms with Crippen LogP contribution in [0.4, 0.5) is 23.1 Å². The van der Waals surface area contributed by atoms with Crippen molar-refractivity contribution in [3.05, 3.63) is 42.7 Å². The third-order valence-electron chi connectivity index (χ3n) is 5.45. The van der Waals surface area contributed by atoms with Gasteiger partial charge in [0.15, 0.2) is 11.5 Å². The zero-order chi connectivity index (χ0) is 21.9. The number of nitrogens with one attached hydrogen (secondary N) is 2. The highest BCUT2D eigenvalue weighted by atomic mass is 17.1. The van der Waals surface area contributed by atoms with Crippen molar-refractivity contribution in [1.29, 1.82) is 0 Å². The molecule has 2 atom stereocenters. The molecular weight excluding hydrogens is 414 g/mol. The van der Waals surface area contributed by atoms with Crippen LogP contribution < -0.4 is 29.7 Å². The van der Waals surface area contributed by atoms with Crippen LogP contribution in [0.1, 0.15) is 25.7 Å². The normalized spacial score (nSPS) is 18.9. The van der Waals surface area contributed by atoms with Crippen LogP contribution in [0.2, 0.25) is 0 Å². The highest BCUT2D eigenvalue weighted by Crippen LogP contribution is 2.38. The molecule has 1 fully saturated rings. The SMILES string of the molecule is COc1cc(Nc2nccc(Nc3cnc4c(c3)O[C@@H]3CCCC[C@@H]3O4)n2)ccc1OO. The first-order chi connectivity index (χ1) is 15.7. The molecule has 0 amide bonds. The molecule has 3 heterocycles. The number of methoxy groups -OCH3 is 1. The van der Waals surface area contributed by atoms with E-state index in [1.165, 1.54) is 7.11 Å². The second-order valence-corrected chi connectivity index (χ2v) is 7.60. The summed E-state index contributed by atoms with van der Waals surface area (Å²) in [6.45, 7) is 0. The number of ether oxygens (including phenoxy) is 3. The summed E-state index contributed by atoms with van der Waals surface area (Å²) in [5.74, 6) is 2.72. The molecule has 1 aliphatic heterocycles. The Morgan fingerprint density at radius 3 is 2.62 bits per heavy atom. The Morgan fingerprint density at radius 2 is 1.81 bits per heavy atom. The zero-order valence-electron chi connectivity index (χ0n) is 17.4. The first kappa shape index (κ1) is 20.1. The van der Waals surface area contributed by atoms with Crippen molar-refractivity contribution in [3.63, 3.8) is 0 Å². The minimum atomic E-state index is 0.0859. The number of nitrogens with zero attached hydrogens (tertiary/aromatic N) is 3. The quantitative estimate of drug-likeness (QED) is 0.380. The van der Waals surface area contributed by atoms with E-state index in [2.05, 4.69) is 30.5 Å². The zero-order valence-corrected chi connectivity index (χ0v) is 17.4. The van der Waals surface area contributed by atoms with Gasteiger partial charge in [0.2, 0.25) is 11.7 Å². The minimum Gasteiger partial charge on any atom is -0.493 e. The summed E-state index contributed by atoms with van der Waals surface area (Å²) in [4.78, 5) is 17.4. The molecule has 10 heteroatoms. The maximum absolute atomic E-state index is 8.88. The molecule has 10 nitrogen and oxygen atoms in total. The van der Waals surface area contributed by atoms with Gasteiger partial charge in [0.05, 0.1) is 19.0 Å². The molecule has 1 saturated carbocycles. The van der Waals surface area contributed by atoms with E-state index in [0.717, 1.165) is 31.4 Å². The minimum absolute atomic E-state index is 0.0859. The molecular formula is C22H23N5O5. The molecule has 1 aliphatic carbocycles. The monoisotopic (exact) mass is 437 g/mol. The van der Waals surface area contributed by atoms with E-state index in [1.807, 2.05) is 6.07 Å². The lowest BCUT2D eigenvalue weighted by molar-refractivity contribution is -0.139. The van der Waals surface area contributed by atoms with Crippen LogP contribution >= 0.6 is 0 Å². The molecule has 32 heavy (non-hydrogen) atoms. The molecule has 166 valence electrons. The Bertz CT molecular complexity index is 1110. The van der Waals surface area contributed by atoms with Gasteiger partial charge in [-0.3, -0.25) is 0 Å². The maximum atomic E-state index is 8.88. The molecule has 0 radical (unpaired) electrons. The summed E-state index contributed by atoms with van der Waals surface area (Å²) in [7, 11) is 1.48. The largest absolute Gasteiger partial charge is 0.493 e. The van der Waals surface area contributed by atoms with Gasteiger partial charge in [-0.2, -0.15) is 4.98 Å². The van der Waals surface area contributed by atoms with Crippen LogP contribution in [-0.2, 0) is 0 Å². The molecule has 0 unspecified atom stereocenters. The van der Waals surface area contributed by atoms with Gasteiger partial charge in [-0.05, 0) is 43.9 Å². The fourth-order valence-electron chi connectivity index (χ4n) is 3.90. The van der Waals surface area contributed by atoms with E-state index in [-0.39, 0.29) is 18.0 Å². The number of hydrogen-bond donors (Lipinski definition) is 3. The summed E-state index contributed by atoms with van der Waals surface area (Å²) in [5.41, 5.74) is 1.40. The summed E-state index contributed by atoms with van der Waals surface area (Å²) in [5, 5.41) is 15.2. The van der Waals surface area contributed by atoms with E-state index < -0.39 is 0 Å². The lowest BCUT2D eigenvalue weighted by Crippen LogP contribution is -2.42. The van der Waals surface area contributed by atoms with Gasteiger partial charge in [0.1, 0.15) is 18.0 Å². The summed E-state index contributed by atoms with van der Waals surface area (Å²) >= 11 is 0. The van der Waals surface area contributed by atoms with E-state index in [1.54, 1.807) is 36.7 Å². The van der Waals surface area contributed by atoms with Crippen molar-refractivity contribution >= 4 is 23.1 Å². The third-order valence-corrected chi connectivity index (χ3v) is 5.45. The van der Waals surface area contributed by atoms with Crippen molar-refractivity contribution in [1.82, 2.24) is 15.0 Å². The smallest absolute Gasteiger partial charge is 0.257 e. The van der Waals surface area contributed by atoms with Crippen LogP contribution in [0, 0.1) is 0 Å². The number of benzene rings is 1. The Hall–Kier alpha value is -3.79. The molecule has 3 N–H and O–H groups in total. The van der Waals surface area contributed by atoms with Crippen molar-refractivity contribution in [2.24, 2.45) is 0 Å². The van der Waals surface area contributed by atoms with E-state index in [9.17, 15) is 0 Å². The molecule has 5 rings (SSSR count). The van der Waals surface area contributed by atoms with Crippen molar-refractivity contribution in [2.45, 2.75) is 37.9 Å². The fourth-order valence-corrected chi connectivity index (χ4v) is 3.90. The first-order valence-electron chi connectivity index (χ1n) is 10.4. The number of hydrogen-bond acceptors (Lipinski definition) is 10. The first-order valence-corrected chi connectivity index (χ1v) is 10.4. The molecule has 2 aromatic heterocycles. The lowest BCUT2D eigenvalue weighted by Gasteiger charge is -2.36. The van der Waals surface area contributed by atoms with Crippen molar-refractivity contribution in [2.75, 3.05) is 17.7 Å². The third kappa shape index (κ3) is 4.17. The fraction of sp³-hybridized carbons (Fsp3) is 0.318. The molecule has 0 spiro atoms. The summed E-state index contributed by atoms with van der Waals surface area (Å²) in [6, 6.07) is 8.57. The number of anilines is 4. The van der Waals surface area contributed by atoms with E-state index >= 15 is 0 Å². The number of aromatic nitrogens is 3. The van der Waals surface area contributed by atoms with Crippen molar-refractivity contribution in [3.8, 4) is 23.1 Å². The number of rotatable bonds is 6. The lowest BCUT2D eigenvalue weighted by atomic mass is 9.94. The van der Waals surface area contributed by atoms with Crippen LogP contribution in [0.25, 0.3) is 0 Å². The number of fused-ring (bicyclic) bond motifs is 2. The van der Waals surface area contributed by atoms with Crippen LogP contribution in [0.3, 0.4) is 0 Å². The van der Waals surface area contributed by atoms with Crippen molar-refractivity contribution < 1.29 is 24.4 Å². The summed E-state index contributed by atoms with van der Waals surface area (Å²) in [6.07, 6.45) is 7.83. The average Bonchev–Trinajstić information content (AvgIpc) is 2.83. The van der Waals surface area contributed by atoms with Gasteiger partial charge in [-0.25, -0.2) is 15.2 Å². The molecule has 0 saturated heterocycles. The topological polar surface area (TPSA) is 120 Å². The Morgan fingerprint density at radius 1 is 0.969 bits per heavy atom. The molecule has 2 aliphatic rings.